The van der Waals surface area contributed by atoms with Gasteiger partial charge in [0, 0.05) is 24.8 Å². The molecular weight excluding hydrogens is 206 g/mol. The van der Waals surface area contributed by atoms with E-state index in [0.29, 0.717) is 25.3 Å². The molecule has 3 N–H and O–H groups in total. The van der Waals surface area contributed by atoms with Crippen molar-refractivity contribution in [2.45, 2.75) is 19.9 Å². The molecule has 0 aliphatic carbocycles. The van der Waals surface area contributed by atoms with Gasteiger partial charge < -0.3 is 20.3 Å². The first kappa shape index (κ1) is 12.8. The van der Waals surface area contributed by atoms with Gasteiger partial charge in [-0.15, -0.1) is 0 Å². The van der Waals surface area contributed by atoms with Crippen molar-refractivity contribution < 1.29 is 14.9 Å². The van der Waals surface area contributed by atoms with E-state index in [0.717, 1.165) is 0 Å². The molecule has 90 valence electrons. The Kier molecular flexibility index (Phi) is 5.08. The number of nitrogens with one attached hydrogen (secondary N) is 1. The van der Waals surface area contributed by atoms with Crippen LogP contribution in [0.1, 0.15) is 25.5 Å². The van der Waals surface area contributed by atoms with E-state index in [1.807, 2.05) is 13.8 Å². The Morgan fingerprint density at radius 2 is 2.12 bits per heavy atom. The van der Waals surface area contributed by atoms with Crippen LogP contribution in [0.3, 0.4) is 0 Å². The van der Waals surface area contributed by atoms with E-state index in [4.69, 9.17) is 4.74 Å². The number of hydrogen-bond donors (Lipinski definition) is 3. The van der Waals surface area contributed by atoms with Crippen molar-refractivity contribution in [3.63, 3.8) is 0 Å². The lowest BCUT2D eigenvalue weighted by atomic mass is 10.1. The first-order chi connectivity index (χ1) is 7.65. The van der Waals surface area contributed by atoms with E-state index in [9.17, 15) is 10.2 Å². The molecule has 4 nitrogen and oxygen atoms in total. The largest absolute Gasteiger partial charge is 0.508 e. The average Bonchev–Trinajstić information content (AvgIpc) is 2.27. The fourth-order valence-corrected chi connectivity index (χ4v) is 1.49. The molecule has 0 amide bonds. The summed E-state index contributed by atoms with van der Waals surface area (Å²) in [6.07, 6.45) is 0. The first-order valence-electron chi connectivity index (χ1n) is 5.48. The Morgan fingerprint density at radius 1 is 1.38 bits per heavy atom. The van der Waals surface area contributed by atoms with Crippen LogP contribution >= 0.6 is 0 Å². The van der Waals surface area contributed by atoms with Crippen LogP contribution in [0.25, 0.3) is 0 Å². The number of phenols is 2. The normalized spacial score (nSPS) is 12.6. The summed E-state index contributed by atoms with van der Waals surface area (Å²) in [6.45, 7) is 5.93. The predicted molar refractivity (Wildman–Crippen MR) is 62.7 cm³/mol. The highest BCUT2D eigenvalue weighted by Crippen LogP contribution is 2.27. The lowest BCUT2D eigenvalue weighted by Crippen LogP contribution is -2.23. The molecule has 0 saturated carbocycles. The maximum atomic E-state index is 9.63. The zero-order chi connectivity index (χ0) is 12.0. The van der Waals surface area contributed by atoms with Crippen molar-refractivity contribution in [2.75, 3.05) is 19.8 Å². The zero-order valence-electron chi connectivity index (χ0n) is 9.73. The minimum atomic E-state index is -0.0208. The van der Waals surface area contributed by atoms with Gasteiger partial charge >= 0.3 is 0 Å². The van der Waals surface area contributed by atoms with Crippen LogP contribution in [0.5, 0.6) is 11.5 Å². The summed E-state index contributed by atoms with van der Waals surface area (Å²) in [5.41, 5.74) is 0.691. The third kappa shape index (κ3) is 3.72. The quantitative estimate of drug-likeness (QED) is 0.510. The molecule has 1 rings (SSSR count). The molecule has 0 spiro atoms. The summed E-state index contributed by atoms with van der Waals surface area (Å²) < 4.78 is 5.20. The predicted octanol–water partition coefficient (Wildman–Crippen LogP) is 1.78. The van der Waals surface area contributed by atoms with Gasteiger partial charge in [0.1, 0.15) is 11.5 Å². The van der Waals surface area contributed by atoms with Crippen LogP contribution in [0.15, 0.2) is 18.2 Å². The Labute approximate surface area is 95.9 Å². The molecule has 0 bridgehead atoms. The monoisotopic (exact) mass is 225 g/mol. The molecule has 1 aromatic rings. The summed E-state index contributed by atoms with van der Waals surface area (Å²) in [6, 6.07) is 4.50. The van der Waals surface area contributed by atoms with Gasteiger partial charge in [-0.05, 0) is 32.0 Å². The van der Waals surface area contributed by atoms with E-state index < -0.39 is 0 Å². The lowest BCUT2D eigenvalue weighted by molar-refractivity contribution is 0.147. The number of aromatic hydroxyl groups is 2. The van der Waals surface area contributed by atoms with Crippen molar-refractivity contribution in [3.8, 4) is 11.5 Å². The SMILES string of the molecule is CCOCCNC(C)c1cc(O)ccc1O. The van der Waals surface area contributed by atoms with Crippen LogP contribution in [0.4, 0.5) is 0 Å². The number of phenolic OH excluding ortho intramolecular Hbond substituents is 2. The van der Waals surface area contributed by atoms with Crippen molar-refractivity contribution in [1.29, 1.82) is 0 Å². The van der Waals surface area contributed by atoms with Gasteiger partial charge in [-0.2, -0.15) is 0 Å². The van der Waals surface area contributed by atoms with Crippen LogP contribution in [-0.2, 0) is 4.74 Å². The molecule has 0 radical (unpaired) electrons. The van der Waals surface area contributed by atoms with Gasteiger partial charge in [0.2, 0.25) is 0 Å². The standard InChI is InChI=1S/C12H19NO3/c1-3-16-7-6-13-9(2)11-8-10(14)4-5-12(11)15/h4-5,8-9,13-15H,3,6-7H2,1-2H3. The Balaban J connectivity index is 2.51. The van der Waals surface area contributed by atoms with E-state index in [1.54, 1.807) is 6.07 Å². The average molecular weight is 225 g/mol. The topological polar surface area (TPSA) is 61.7 Å². The van der Waals surface area contributed by atoms with E-state index >= 15 is 0 Å². The van der Waals surface area contributed by atoms with Gasteiger partial charge in [-0.25, -0.2) is 0 Å². The lowest BCUT2D eigenvalue weighted by Gasteiger charge is -2.15. The molecule has 0 fully saturated rings. The number of ether oxygens (including phenoxy) is 1. The Hall–Kier alpha value is -1.26. The highest BCUT2D eigenvalue weighted by atomic mass is 16.5. The van der Waals surface area contributed by atoms with E-state index in [2.05, 4.69) is 5.32 Å². The summed E-state index contributed by atoms with van der Waals surface area (Å²) in [7, 11) is 0. The second kappa shape index (κ2) is 6.35. The molecule has 0 aliphatic heterocycles. The van der Waals surface area contributed by atoms with Gasteiger partial charge in [-0.3, -0.25) is 0 Å². The maximum absolute atomic E-state index is 9.63. The summed E-state index contributed by atoms with van der Waals surface area (Å²) >= 11 is 0. The number of benzene rings is 1. The fraction of sp³-hybridized carbons (Fsp3) is 0.500. The molecule has 4 heteroatoms. The third-order valence-electron chi connectivity index (χ3n) is 2.38. The minimum absolute atomic E-state index is 0.0208. The van der Waals surface area contributed by atoms with E-state index in [1.165, 1.54) is 12.1 Å². The van der Waals surface area contributed by atoms with E-state index in [-0.39, 0.29) is 17.5 Å². The highest BCUT2D eigenvalue weighted by Gasteiger charge is 2.10. The first-order valence-corrected chi connectivity index (χ1v) is 5.48. The Morgan fingerprint density at radius 3 is 2.81 bits per heavy atom. The smallest absolute Gasteiger partial charge is 0.120 e. The van der Waals surface area contributed by atoms with Crippen LogP contribution < -0.4 is 5.32 Å². The molecule has 1 atom stereocenters. The molecule has 0 aromatic heterocycles. The molecule has 0 saturated heterocycles. The van der Waals surface area contributed by atoms with Crippen molar-refractivity contribution in [2.24, 2.45) is 0 Å². The second-order valence-corrected chi connectivity index (χ2v) is 3.62. The highest BCUT2D eigenvalue weighted by molar-refractivity contribution is 5.40. The van der Waals surface area contributed by atoms with Gasteiger partial charge in [0.25, 0.3) is 0 Å². The van der Waals surface area contributed by atoms with Gasteiger partial charge in [0.05, 0.1) is 6.61 Å². The van der Waals surface area contributed by atoms with Gasteiger partial charge in [0.15, 0.2) is 0 Å². The molecule has 16 heavy (non-hydrogen) atoms. The fourth-order valence-electron chi connectivity index (χ4n) is 1.49. The third-order valence-corrected chi connectivity index (χ3v) is 2.38. The molecule has 0 aliphatic rings. The van der Waals surface area contributed by atoms with Gasteiger partial charge in [-0.1, -0.05) is 0 Å². The number of hydrogen-bond acceptors (Lipinski definition) is 4. The van der Waals surface area contributed by atoms with Crippen LogP contribution in [0.2, 0.25) is 0 Å². The van der Waals surface area contributed by atoms with Crippen molar-refractivity contribution >= 4 is 0 Å². The maximum Gasteiger partial charge on any atom is 0.120 e. The second-order valence-electron chi connectivity index (χ2n) is 3.62. The summed E-state index contributed by atoms with van der Waals surface area (Å²) in [5, 5.41) is 22.2. The molecule has 0 heterocycles. The molecular formula is C12H19NO3. The zero-order valence-corrected chi connectivity index (χ0v) is 9.73. The molecule has 1 aromatic carbocycles. The Bertz CT molecular complexity index is 328. The summed E-state index contributed by atoms with van der Waals surface area (Å²) in [5.74, 6) is 0.348. The summed E-state index contributed by atoms with van der Waals surface area (Å²) in [4.78, 5) is 0. The minimum Gasteiger partial charge on any atom is -0.508 e. The van der Waals surface area contributed by atoms with Crippen molar-refractivity contribution in [3.05, 3.63) is 23.8 Å². The van der Waals surface area contributed by atoms with Crippen molar-refractivity contribution in [1.82, 2.24) is 5.32 Å². The molecule has 1 unspecified atom stereocenters. The van der Waals surface area contributed by atoms with Crippen LogP contribution in [0, 0.1) is 0 Å². The number of rotatable bonds is 6. The van der Waals surface area contributed by atoms with Crippen LogP contribution in [-0.4, -0.2) is 30.0 Å².